The van der Waals surface area contributed by atoms with Crippen LogP contribution in [0.3, 0.4) is 0 Å². The largest absolute Gasteiger partial charge is 0.479 e. The number of amides is 1. The van der Waals surface area contributed by atoms with E-state index in [1.807, 2.05) is 19.1 Å². The number of carbonyl (C=O) groups is 1. The summed E-state index contributed by atoms with van der Waals surface area (Å²) in [6.07, 6.45) is 1.65. The number of pyridine rings is 1. The van der Waals surface area contributed by atoms with Gasteiger partial charge in [0.05, 0.1) is 18.5 Å². The van der Waals surface area contributed by atoms with Crippen molar-refractivity contribution >= 4 is 17.7 Å². The van der Waals surface area contributed by atoms with Crippen molar-refractivity contribution in [2.45, 2.75) is 12.1 Å². The van der Waals surface area contributed by atoms with Crippen molar-refractivity contribution in [1.82, 2.24) is 30.5 Å². The van der Waals surface area contributed by atoms with E-state index in [2.05, 4.69) is 37.7 Å². The molecule has 0 aliphatic carbocycles. The first-order valence-electron chi connectivity index (χ1n) is 6.78. The number of thioether (sulfide) groups is 1. The van der Waals surface area contributed by atoms with E-state index in [4.69, 9.17) is 4.74 Å². The van der Waals surface area contributed by atoms with Gasteiger partial charge in [-0.15, -0.1) is 5.10 Å². The highest BCUT2D eigenvalue weighted by molar-refractivity contribution is 7.99. The zero-order valence-electron chi connectivity index (χ0n) is 12.8. The Labute approximate surface area is 138 Å². The average Bonchev–Trinajstić information content (AvgIpc) is 2.95. The van der Waals surface area contributed by atoms with Crippen LogP contribution < -0.4 is 10.1 Å². The summed E-state index contributed by atoms with van der Waals surface area (Å²) >= 11 is 1.26. The quantitative estimate of drug-likeness (QED) is 0.596. The minimum absolute atomic E-state index is 0.129. The van der Waals surface area contributed by atoms with Crippen LogP contribution in [-0.2, 0) is 11.8 Å². The maximum Gasteiger partial charge on any atom is 0.231 e. The summed E-state index contributed by atoms with van der Waals surface area (Å²) in [7, 11) is 1.72. The van der Waals surface area contributed by atoms with Crippen LogP contribution in [0, 0.1) is 18.8 Å². The number of aromatic nitrogens is 5. The molecule has 0 aliphatic rings. The summed E-state index contributed by atoms with van der Waals surface area (Å²) < 4.78 is 6.91. The summed E-state index contributed by atoms with van der Waals surface area (Å²) in [5.41, 5.74) is 0.932. The van der Waals surface area contributed by atoms with Gasteiger partial charge in [-0.2, -0.15) is 0 Å². The van der Waals surface area contributed by atoms with Gasteiger partial charge in [0.15, 0.2) is 0 Å². The molecule has 1 amide bonds. The van der Waals surface area contributed by atoms with Crippen LogP contribution in [0.1, 0.15) is 5.69 Å². The van der Waals surface area contributed by atoms with Gasteiger partial charge >= 0.3 is 0 Å². The zero-order chi connectivity index (χ0) is 16.5. The first kappa shape index (κ1) is 16.8. The molecule has 2 aromatic rings. The Balaban J connectivity index is 1.60. The smallest absolute Gasteiger partial charge is 0.231 e. The number of nitrogens with zero attached hydrogens (tertiary/aromatic N) is 5. The lowest BCUT2D eigenvalue weighted by atomic mass is 10.4. The van der Waals surface area contributed by atoms with Crippen LogP contribution >= 0.6 is 11.8 Å². The Kier molecular flexibility index (Phi) is 6.38. The lowest BCUT2D eigenvalue weighted by molar-refractivity contribution is -0.118. The molecule has 1 N–H and O–H groups in total. The molecule has 0 aliphatic heterocycles. The molecular formula is C14H16N6O2S. The monoisotopic (exact) mass is 332 g/mol. The number of carbonyl (C=O) groups excluding carboxylic acids is 1. The molecule has 2 rings (SSSR count). The van der Waals surface area contributed by atoms with Crippen molar-refractivity contribution < 1.29 is 9.53 Å². The van der Waals surface area contributed by atoms with Gasteiger partial charge in [-0.3, -0.25) is 9.78 Å². The second-order valence-electron chi connectivity index (χ2n) is 4.43. The van der Waals surface area contributed by atoms with E-state index in [9.17, 15) is 4.79 Å². The van der Waals surface area contributed by atoms with E-state index < -0.39 is 0 Å². The molecule has 0 spiro atoms. The fourth-order valence-corrected chi connectivity index (χ4v) is 2.12. The molecule has 0 atom stereocenters. The van der Waals surface area contributed by atoms with E-state index in [1.54, 1.807) is 13.2 Å². The van der Waals surface area contributed by atoms with Crippen molar-refractivity contribution in [1.29, 1.82) is 0 Å². The molecule has 23 heavy (non-hydrogen) atoms. The number of rotatable bonds is 6. The van der Waals surface area contributed by atoms with Gasteiger partial charge in [-0.05, 0) is 29.5 Å². The van der Waals surface area contributed by atoms with Crippen molar-refractivity contribution in [3.63, 3.8) is 0 Å². The molecule has 0 radical (unpaired) electrons. The van der Waals surface area contributed by atoms with Crippen molar-refractivity contribution in [2.75, 3.05) is 18.9 Å². The molecular weight excluding hydrogens is 316 g/mol. The number of nitrogens with one attached hydrogen (secondary N) is 1. The highest BCUT2D eigenvalue weighted by Crippen LogP contribution is 2.11. The standard InChI is InChI=1S/C14H16N6O2S/c1-11-5-6-12(9-16-11)22-8-4-3-7-15-13(21)10-23-14-17-18-19-20(14)2/h5-6,9H,7-8,10H2,1-2H3,(H,15,21). The van der Waals surface area contributed by atoms with E-state index in [0.717, 1.165) is 5.69 Å². The Bertz CT molecular complexity index is 704. The average molecular weight is 332 g/mol. The third-order valence-corrected chi connectivity index (χ3v) is 3.62. The summed E-state index contributed by atoms with van der Waals surface area (Å²) in [5.74, 6) is 6.42. The SMILES string of the molecule is Cc1ccc(OCC#CCNC(=O)CSc2nnnn2C)cn1. The second kappa shape index (κ2) is 8.75. The summed E-state index contributed by atoms with van der Waals surface area (Å²) in [6, 6.07) is 3.71. The normalized spacial score (nSPS) is 9.83. The van der Waals surface area contributed by atoms with Gasteiger partial charge < -0.3 is 10.1 Å². The number of aryl methyl sites for hydroxylation is 2. The molecule has 9 heteroatoms. The highest BCUT2D eigenvalue weighted by Gasteiger charge is 2.06. The van der Waals surface area contributed by atoms with Crippen LogP contribution in [0.15, 0.2) is 23.5 Å². The molecule has 0 fully saturated rings. The Hall–Kier alpha value is -2.60. The van der Waals surface area contributed by atoms with E-state index in [1.165, 1.54) is 16.4 Å². The first-order chi connectivity index (χ1) is 11.1. The van der Waals surface area contributed by atoms with Gasteiger partial charge in [0, 0.05) is 12.7 Å². The molecule has 8 nitrogen and oxygen atoms in total. The second-order valence-corrected chi connectivity index (χ2v) is 5.37. The predicted octanol–water partition coefficient (Wildman–Crippen LogP) is 0.204. The lowest BCUT2D eigenvalue weighted by Gasteiger charge is -2.01. The van der Waals surface area contributed by atoms with Crippen LogP contribution in [-0.4, -0.2) is 50.0 Å². The van der Waals surface area contributed by atoms with Crippen LogP contribution in [0.2, 0.25) is 0 Å². The summed E-state index contributed by atoms with van der Waals surface area (Å²) in [6.45, 7) is 2.43. The van der Waals surface area contributed by atoms with Crippen LogP contribution in [0.4, 0.5) is 0 Å². The molecule has 120 valence electrons. The van der Waals surface area contributed by atoms with Crippen LogP contribution in [0.25, 0.3) is 0 Å². The molecule has 0 saturated heterocycles. The first-order valence-corrected chi connectivity index (χ1v) is 7.77. The minimum atomic E-state index is -0.129. The van der Waals surface area contributed by atoms with Gasteiger partial charge in [-0.25, -0.2) is 4.68 Å². The molecule has 0 bridgehead atoms. The van der Waals surface area contributed by atoms with E-state index in [-0.39, 0.29) is 24.8 Å². The maximum absolute atomic E-state index is 11.6. The molecule has 0 aromatic carbocycles. The zero-order valence-corrected chi connectivity index (χ0v) is 13.6. The lowest BCUT2D eigenvalue weighted by Crippen LogP contribution is -2.25. The van der Waals surface area contributed by atoms with Crippen molar-refractivity contribution in [2.24, 2.45) is 7.05 Å². The van der Waals surface area contributed by atoms with Gasteiger partial charge in [-0.1, -0.05) is 23.6 Å². The topological polar surface area (TPSA) is 94.8 Å². The third kappa shape index (κ3) is 5.96. The molecule has 2 aromatic heterocycles. The fourth-order valence-electron chi connectivity index (χ4n) is 1.44. The summed E-state index contributed by atoms with van der Waals surface area (Å²) in [5, 5.41) is 14.2. The van der Waals surface area contributed by atoms with Gasteiger partial charge in [0.25, 0.3) is 0 Å². The Morgan fingerprint density at radius 2 is 2.30 bits per heavy atom. The maximum atomic E-state index is 11.6. The Morgan fingerprint density at radius 1 is 1.43 bits per heavy atom. The Morgan fingerprint density at radius 3 is 3.00 bits per heavy atom. The molecule has 0 saturated carbocycles. The van der Waals surface area contributed by atoms with E-state index >= 15 is 0 Å². The minimum Gasteiger partial charge on any atom is -0.479 e. The third-order valence-electron chi connectivity index (χ3n) is 2.61. The van der Waals surface area contributed by atoms with Crippen molar-refractivity contribution in [3.05, 3.63) is 24.0 Å². The molecule has 0 unspecified atom stereocenters. The van der Waals surface area contributed by atoms with Gasteiger partial charge in [0.2, 0.25) is 11.1 Å². The highest BCUT2D eigenvalue weighted by atomic mass is 32.2. The van der Waals surface area contributed by atoms with Crippen LogP contribution in [0.5, 0.6) is 5.75 Å². The van der Waals surface area contributed by atoms with E-state index in [0.29, 0.717) is 10.9 Å². The summed E-state index contributed by atoms with van der Waals surface area (Å²) in [4.78, 5) is 15.7. The predicted molar refractivity (Wildman–Crippen MR) is 84.8 cm³/mol. The number of hydrogen-bond donors (Lipinski definition) is 1. The number of ether oxygens (including phenoxy) is 1. The van der Waals surface area contributed by atoms with Gasteiger partial charge in [0.1, 0.15) is 12.4 Å². The van der Waals surface area contributed by atoms with Crippen molar-refractivity contribution in [3.8, 4) is 17.6 Å². The number of hydrogen-bond acceptors (Lipinski definition) is 7. The number of tetrazole rings is 1. The fraction of sp³-hybridized carbons (Fsp3) is 0.357. The molecule has 2 heterocycles.